The zero-order valence-corrected chi connectivity index (χ0v) is 20.2. The topological polar surface area (TPSA) is 66.9 Å². The summed E-state index contributed by atoms with van der Waals surface area (Å²) in [6.45, 7) is 5.56. The minimum absolute atomic E-state index is 0.0175. The Hall–Kier alpha value is -1.90. The van der Waals surface area contributed by atoms with Gasteiger partial charge < -0.3 is 9.64 Å². The molecule has 2 aromatic carbocycles. The number of anilines is 1. The van der Waals surface area contributed by atoms with Crippen LogP contribution < -0.4 is 9.64 Å². The van der Waals surface area contributed by atoms with E-state index in [0.29, 0.717) is 38.3 Å². The summed E-state index contributed by atoms with van der Waals surface area (Å²) < 4.78 is 34.6. The molecule has 4 rings (SSSR count). The van der Waals surface area contributed by atoms with Gasteiger partial charge in [-0.25, -0.2) is 8.42 Å². The highest BCUT2D eigenvalue weighted by atomic mass is 79.9. The van der Waals surface area contributed by atoms with Crippen molar-refractivity contribution in [3.05, 3.63) is 52.0 Å². The Morgan fingerprint density at radius 3 is 2.74 bits per heavy atom. The first-order chi connectivity index (χ1) is 14.8. The van der Waals surface area contributed by atoms with Crippen LogP contribution in [0.1, 0.15) is 30.9 Å². The van der Waals surface area contributed by atoms with Crippen LogP contribution in [0.25, 0.3) is 0 Å². The summed E-state index contributed by atoms with van der Waals surface area (Å²) in [6.07, 6.45) is 2.20. The maximum Gasteiger partial charge on any atom is 0.243 e. The van der Waals surface area contributed by atoms with Crippen LogP contribution in [-0.4, -0.2) is 44.9 Å². The molecule has 0 saturated carbocycles. The molecular formula is C23H27BrN2O4S. The van der Waals surface area contributed by atoms with Gasteiger partial charge in [0, 0.05) is 29.8 Å². The number of carbonyl (C=O) groups is 1. The fraction of sp³-hybridized carbons (Fsp3) is 0.435. The highest BCUT2D eigenvalue weighted by Crippen LogP contribution is 2.34. The molecule has 1 fully saturated rings. The average Bonchev–Trinajstić information content (AvgIpc) is 3.17. The molecule has 31 heavy (non-hydrogen) atoms. The number of sulfonamides is 1. The van der Waals surface area contributed by atoms with Crippen LogP contribution in [0.4, 0.5) is 5.69 Å². The lowest BCUT2D eigenvalue weighted by Crippen LogP contribution is -2.46. The second-order valence-electron chi connectivity index (χ2n) is 8.08. The normalized spacial score (nSPS) is 19.3. The fourth-order valence-electron chi connectivity index (χ4n) is 4.43. The summed E-state index contributed by atoms with van der Waals surface area (Å²) in [5.41, 5.74) is 2.87. The van der Waals surface area contributed by atoms with E-state index in [9.17, 15) is 13.2 Å². The molecule has 0 N–H and O–H groups in total. The quantitative estimate of drug-likeness (QED) is 0.610. The zero-order chi connectivity index (χ0) is 22.2. The zero-order valence-electron chi connectivity index (χ0n) is 17.8. The molecule has 1 atom stereocenters. The van der Waals surface area contributed by atoms with Crippen molar-refractivity contribution in [1.82, 2.24) is 4.31 Å². The van der Waals surface area contributed by atoms with E-state index in [-0.39, 0.29) is 23.3 Å². The van der Waals surface area contributed by atoms with Gasteiger partial charge in [-0.1, -0.05) is 15.9 Å². The van der Waals surface area contributed by atoms with E-state index in [0.717, 1.165) is 27.7 Å². The molecule has 0 bridgehead atoms. The van der Waals surface area contributed by atoms with Crippen LogP contribution in [0.2, 0.25) is 0 Å². The molecule has 0 aliphatic carbocycles. The molecule has 1 unspecified atom stereocenters. The van der Waals surface area contributed by atoms with Crippen LogP contribution in [0, 0.1) is 12.8 Å². The van der Waals surface area contributed by atoms with Gasteiger partial charge in [0.05, 0.1) is 17.4 Å². The summed E-state index contributed by atoms with van der Waals surface area (Å²) in [5.74, 6) is 0.373. The highest BCUT2D eigenvalue weighted by molar-refractivity contribution is 9.10. The number of halogens is 1. The molecule has 2 aromatic rings. The maximum absolute atomic E-state index is 13.3. The second kappa shape index (κ2) is 8.92. The van der Waals surface area contributed by atoms with Crippen LogP contribution in [0.5, 0.6) is 5.75 Å². The molecule has 0 aromatic heterocycles. The van der Waals surface area contributed by atoms with E-state index in [1.165, 1.54) is 4.31 Å². The van der Waals surface area contributed by atoms with E-state index in [4.69, 9.17) is 4.74 Å². The van der Waals surface area contributed by atoms with Crippen molar-refractivity contribution in [3.63, 3.8) is 0 Å². The first kappa shape index (κ1) is 22.3. The predicted octanol–water partition coefficient (Wildman–Crippen LogP) is 4.15. The third-order valence-electron chi connectivity index (χ3n) is 6.02. The molecule has 6 nitrogen and oxygen atoms in total. The molecule has 1 amide bonds. The van der Waals surface area contributed by atoms with Gasteiger partial charge in [0.2, 0.25) is 15.9 Å². The second-order valence-corrected chi connectivity index (χ2v) is 10.9. The SMILES string of the molecule is CCOc1ccc(S(=O)(=O)N2CCCC(C(=O)N3CCc4cc(Br)ccc43)C2)cc1C. The minimum atomic E-state index is -3.67. The number of carbonyl (C=O) groups excluding carboxylic acids is 1. The molecular weight excluding hydrogens is 480 g/mol. The van der Waals surface area contributed by atoms with Crippen molar-refractivity contribution in [3.8, 4) is 5.75 Å². The number of aryl methyl sites for hydroxylation is 1. The van der Waals surface area contributed by atoms with Gasteiger partial charge >= 0.3 is 0 Å². The number of hydrogen-bond acceptors (Lipinski definition) is 4. The third kappa shape index (κ3) is 4.38. The summed E-state index contributed by atoms with van der Waals surface area (Å²) in [4.78, 5) is 15.4. The molecule has 1 saturated heterocycles. The molecule has 2 aliphatic heterocycles. The maximum atomic E-state index is 13.3. The van der Waals surface area contributed by atoms with Gasteiger partial charge in [0.1, 0.15) is 5.75 Å². The molecule has 0 spiro atoms. The van der Waals surface area contributed by atoms with Crippen molar-refractivity contribution in [1.29, 1.82) is 0 Å². The minimum Gasteiger partial charge on any atom is -0.494 e. The Labute approximate surface area is 192 Å². The van der Waals surface area contributed by atoms with Crippen LogP contribution in [-0.2, 0) is 21.2 Å². The first-order valence-electron chi connectivity index (χ1n) is 10.6. The lowest BCUT2D eigenvalue weighted by atomic mass is 9.98. The first-order valence-corrected chi connectivity index (χ1v) is 12.9. The predicted molar refractivity (Wildman–Crippen MR) is 124 cm³/mol. The monoisotopic (exact) mass is 506 g/mol. The lowest BCUT2D eigenvalue weighted by molar-refractivity contribution is -0.123. The van der Waals surface area contributed by atoms with Crippen molar-refractivity contribution < 1.29 is 17.9 Å². The molecule has 8 heteroatoms. The average molecular weight is 507 g/mol. The number of nitrogens with zero attached hydrogens (tertiary/aromatic N) is 2. The van der Waals surface area contributed by atoms with Crippen molar-refractivity contribution in [2.24, 2.45) is 5.92 Å². The standard InChI is InChI=1S/C23H27BrN2O4S/c1-3-30-22-9-7-20(13-16(22)2)31(28,29)25-11-4-5-18(15-25)23(27)26-12-10-17-14-19(24)6-8-21(17)26/h6-9,13-14,18H,3-5,10-12,15H2,1-2H3. The number of ether oxygens (including phenoxy) is 1. The van der Waals surface area contributed by atoms with Gasteiger partial charge in [-0.05, 0) is 80.6 Å². The Morgan fingerprint density at radius 1 is 1.19 bits per heavy atom. The van der Waals surface area contributed by atoms with E-state index in [1.54, 1.807) is 18.2 Å². The van der Waals surface area contributed by atoms with Gasteiger partial charge in [0.15, 0.2) is 0 Å². The molecule has 2 aliphatic rings. The van der Waals surface area contributed by atoms with Crippen LogP contribution in [0.15, 0.2) is 45.8 Å². The smallest absolute Gasteiger partial charge is 0.243 e. The fourth-order valence-corrected chi connectivity index (χ4v) is 6.45. The van der Waals surface area contributed by atoms with Gasteiger partial charge in [-0.2, -0.15) is 4.31 Å². The Balaban J connectivity index is 1.52. The van der Waals surface area contributed by atoms with Crippen molar-refractivity contribution in [2.75, 3.05) is 31.1 Å². The number of benzene rings is 2. The van der Waals surface area contributed by atoms with Crippen LogP contribution >= 0.6 is 15.9 Å². The molecule has 0 radical (unpaired) electrons. The van der Waals surface area contributed by atoms with Crippen molar-refractivity contribution in [2.45, 2.75) is 38.0 Å². The number of piperidine rings is 1. The highest BCUT2D eigenvalue weighted by Gasteiger charge is 2.37. The Bertz CT molecular complexity index is 1100. The van der Waals surface area contributed by atoms with Gasteiger partial charge in [-0.15, -0.1) is 0 Å². The number of amides is 1. The molecule has 2 heterocycles. The van der Waals surface area contributed by atoms with E-state index in [1.807, 2.05) is 30.9 Å². The molecule has 166 valence electrons. The Morgan fingerprint density at radius 2 is 2.00 bits per heavy atom. The summed E-state index contributed by atoms with van der Waals surface area (Å²) in [5, 5.41) is 0. The van der Waals surface area contributed by atoms with E-state index in [2.05, 4.69) is 22.0 Å². The lowest BCUT2D eigenvalue weighted by Gasteiger charge is -2.33. The number of hydrogen-bond donors (Lipinski definition) is 0. The third-order valence-corrected chi connectivity index (χ3v) is 8.37. The largest absolute Gasteiger partial charge is 0.494 e. The number of fused-ring (bicyclic) bond motifs is 1. The van der Waals surface area contributed by atoms with Gasteiger partial charge in [-0.3, -0.25) is 4.79 Å². The summed E-state index contributed by atoms with van der Waals surface area (Å²) in [6, 6.07) is 10.9. The van der Waals surface area contributed by atoms with E-state index >= 15 is 0 Å². The van der Waals surface area contributed by atoms with Crippen molar-refractivity contribution >= 4 is 37.5 Å². The van der Waals surface area contributed by atoms with Gasteiger partial charge in [0.25, 0.3) is 0 Å². The van der Waals surface area contributed by atoms with Crippen LogP contribution in [0.3, 0.4) is 0 Å². The summed E-state index contributed by atoms with van der Waals surface area (Å²) in [7, 11) is -3.67. The Kier molecular flexibility index (Phi) is 6.42. The van der Waals surface area contributed by atoms with E-state index < -0.39 is 10.0 Å². The summed E-state index contributed by atoms with van der Waals surface area (Å²) >= 11 is 3.48. The number of rotatable bonds is 5.